The molecule has 0 radical (unpaired) electrons. The number of rotatable bonds is 2. The van der Waals surface area contributed by atoms with Gasteiger partial charge in [-0.15, -0.1) is 0 Å². The summed E-state index contributed by atoms with van der Waals surface area (Å²) in [6.45, 7) is 0. The molecule has 0 aliphatic heterocycles. The van der Waals surface area contributed by atoms with Gasteiger partial charge in [0.1, 0.15) is 5.82 Å². The minimum Gasteiger partial charge on any atom is -0.253 e. The lowest BCUT2D eigenvalue weighted by atomic mass is 10.5. The van der Waals surface area contributed by atoms with Gasteiger partial charge in [0.25, 0.3) is 0 Å². The zero-order valence-electron chi connectivity index (χ0n) is 6.75. The maximum absolute atomic E-state index is 11.1. The molecule has 1 rings (SSSR count). The average molecular weight is 198 g/mol. The molecule has 0 spiro atoms. The lowest BCUT2D eigenvalue weighted by molar-refractivity contribution is 0.601. The monoisotopic (exact) mass is 198 g/mol. The minimum absolute atomic E-state index is 0.0622. The Kier molecular flexibility index (Phi) is 2.50. The number of azide groups is 1. The average Bonchev–Trinajstić information content (AvgIpc) is 2.04. The van der Waals surface area contributed by atoms with Crippen LogP contribution in [0.15, 0.2) is 28.3 Å². The van der Waals surface area contributed by atoms with Gasteiger partial charge in [-0.2, -0.15) is 0 Å². The first kappa shape index (κ1) is 9.50. The molecule has 13 heavy (non-hydrogen) atoms. The summed E-state index contributed by atoms with van der Waals surface area (Å²) in [6, 6.07) is 2.80. The summed E-state index contributed by atoms with van der Waals surface area (Å²) in [5.41, 5.74) is 8.13. The zero-order valence-corrected chi connectivity index (χ0v) is 7.56. The van der Waals surface area contributed by atoms with Gasteiger partial charge < -0.3 is 0 Å². The van der Waals surface area contributed by atoms with Gasteiger partial charge in [0, 0.05) is 17.4 Å². The molecule has 0 unspecified atom stereocenters. The zero-order chi connectivity index (χ0) is 9.90. The van der Waals surface area contributed by atoms with Crippen LogP contribution in [0.5, 0.6) is 0 Å². The number of nitrogens with zero attached hydrogens (tertiary/aromatic N) is 4. The highest BCUT2D eigenvalue weighted by molar-refractivity contribution is 7.90. The van der Waals surface area contributed by atoms with E-state index in [2.05, 4.69) is 15.0 Å². The maximum Gasteiger partial charge on any atom is 0.177 e. The van der Waals surface area contributed by atoms with Gasteiger partial charge in [0.05, 0.1) is 4.90 Å². The second-order valence-electron chi connectivity index (χ2n) is 2.29. The molecule has 0 saturated carbocycles. The first-order chi connectivity index (χ1) is 6.05. The highest BCUT2D eigenvalue weighted by atomic mass is 32.2. The van der Waals surface area contributed by atoms with E-state index in [0.717, 1.165) is 6.26 Å². The van der Waals surface area contributed by atoms with E-state index in [9.17, 15) is 8.42 Å². The van der Waals surface area contributed by atoms with E-state index < -0.39 is 9.84 Å². The Labute approximate surface area is 74.8 Å². The maximum atomic E-state index is 11.1. The van der Waals surface area contributed by atoms with Crippen molar-refractivity contribution >= 4 is 15.7 Å². The molecule has 0 saturated heterocycles. The Balaban J connectivity index is 3.45. The van der Waals surface area contributed by atoms with Gasteiger partial charge in [0.2, 0.25) is 0 Å². The topological polar surface area (TPSA) is 95.8 Å². The van der Waals surface area contributed by atoms with Crippen molar-refractivity contribution in [3.63, 3.8) is 0 Å². The van der Waals surface area contributed by atoms with Crippen molar-refractivity contribution in [3.8, 4) is 0 Å². The molecule has 6 nitrogen and oxygen atoms in total. The Morgan fingerprint density at radius 1 is 1.62 bits per heavy atom. The molecule has 7 heteroatoms. The summed E-state index contributed by atoms with van der Waals surface area (Å²) in [5.74, 6) is -0.118. The molecule has 0 aliphatic rings. The fourth-order valence-corrected chi connectivity index (χ4v) is 1.54. The highest BCUT2D eigenvalue weighted by Crippen LogP contribution is 2.20. The van der Waals surface area contributed by atoms with E-state index in [1.54, 1.807) is 0 Å². The van der Waals surface area contributed by atoms with Crippen molar-refractivity contribution < 1.29 is 8.42 Å². The second kappa shape index (κ2) is 3.42. The molecule has 0 aromatic carbocycles. The third kappa shape index (κ3) is 2.17. The molecule has 0 fully saturated rings. The van der Waals surface area contributed by atoms with Crippen LogP contribution in [0, 0.1) is 0 Å². The molecular weight excluding hydrogens is 192 g/mol. The van der Waals surface area contributed by atoms with E-state index in [4.69, 9.17) is 5.53 Å². The molecule has 0 atom stereocenters. The number of hydrogen-bond acceptors (Lipinski definition) is 4. The van der Waals surface area contributed by atoms with Gasteiger partial charge >= 0.3 is 0 Å². The third-order valence-electron chi connectivity index (χ3n) is 1.29. The number of pyridine rings is 1. The quantitative estimate of drug-likeness (QED) is 0.408. The standard InChI is InChI=1S/C6H6N4O2S/c1-13(11,12)5-3-2-4-8-6(5)9-10-7/h2-4H,1H3. The summed E-state index contributed by atoms with van der Waals surface area (Å²) in [7, 11) is -3.38. The van der Waals surface area contributed by atoms with Gasteiger partial charge in [-0.05, 0) is 22.8 Å². The number of hydrogen-bond donors (Lipinski definition) is 0. The molecule has 0 amide bonds. The van der Waals surface area contributed by atoms with E-state index in [-0.39, 0.29) is 10.7 Å². The Morgan fingerprint density at radius 2 is 2.31 bits per heavy atom. The second-order valence-corrected chi connectivity index (χ2v) is 4.27. The Hall–Kier alpha value is -1.59. The van der Waals surface area contributed by atoms with E-state index in [1.165, 1.54) is 18.3 Å². The van der Waals surface area contributed by atoms with Crippen LogP contribution < -0.4 is 0 Å². The van der Waals surface area contributed by atoms with Crippen molar-refractivity contribution in [2.24, 2.45) is 5.11 Å². The summed E-state index contributed by atoms with van der Waals surface area (Å²) in [5, 5.41) is 3.16. The van der Waals surface area contributed by atoms with Crippen LogP contribution in [0.4, 0.5) is 5.82 Å². The summed E-state index contributed by atoms with van der Waals surface area (Å²) in [4.78, 5) is 6.05. The van der Waals surface area contributed by atoms with Gasteiger partial charge in [-0.3, -0.25) is 4.98 Å². The molecule has 0 bridgehead atoms. The van der Waals surface area contributed by atoms with Crippen molar-refractivity contribution in [2.45, 2.75) is 4.90 Å². The fraction of sp³-hybridized carbons (Fsp3) is 0.167. The van der Waals surface area contributed by atoms with Crippen molar-refractivity contribution in [2.75, 3.05) is 6.26 Å². The SMILES string of the molecule is CS(=O)(=O)c1cccnc1N=[N+]=[N-]. The van der Waals surface area contributed by atoms with Crippen LogP contribution in [0.25, 0.3) is 10.4 Å². The molecule has 1 aromatic rings. The highest BCUT2D eigenvalue weighted by Gasteiger charge is 2.11. The van der Waals surface area contributed by atoms with Crippen LogP contribution in [0.1, 0.15) is 0 Å². The predicted octanol–water partition coefficient (Wildman–Crippen LogP) is 1.43. The van der Waals surface area contributed by atoms with E-state index in [0.29, 0.717) is 0 Å². The number of aromatic nitrogens is 1. The van der Waals surface area contributed by atoms with Crippen LogP contribution in [0.3, 0.4) is 0 Å². The molecular formula is C6H6N4O2S. The smallest absolute Gasteiger partial charge is 0.177 e. The molecule has 1 heterocycles. The van der Waals surface area contributed by atoms with Crippen LogP contribution in [-0.2, 0) is 9.84 Å². The fourth-order valence-electron chi connectivity index (χ4n) is 0.789. The summed E-state index contributed by atoms with van der Waals surface area (Å²) < 4.78 is 22.2. The normalized spacial score (nSPS) is 10.5. The van der Waals surface area contributed by atoms with Crippen molar-refractivity contribution in [1.29, 1.82) is 0 Å². The summed E-state index contributed by atoms with van der Waals surface area (Å²) >= 11 is 0. The molecule has 0 aliphatic carbocycles. The van der Waals surface area contributed by atoms with E-state index in [1.807, 2.05) is 0 Å². The molecule has 0 N–H and O–H groups in total. The lowest BCUT2D eigenvalue weighted by Gasteiger charge is -1.99. The van der Waals surface area contributed by atoms with Crippen molar-refractivity contribution in [3.05, 3.63) is 28.8 Å². The van der Waals surface area contributed by atoms with Gasteiger partial charge in [0.15, 0.2) is 9.84 Å². The largest absolute Gasteiger partial charge is 0.253 e. The predicted molar refractivity (Wildman–Crippen MR) is 46.2 cm³/mol. The molecule has 1 aromatic heterocycles. The van der Waals surface area contributed by atoms with E-state index >= 15 is 0 Å². The van der Waals surface area contributed by atoms with Crippen LogP contribution in [0.2, 0.25) is 0 Å². The van der Waals surface area contributed by atoms with Crippen molar-refractivity contribution in [1.82, 2.24) is 4.98 Å². The Bertz CT molecular complexity index is 461. The first-order valence-electron chi connectivity index (χ1n) is 3.26. The van der Waals surface area contributed by atoms with Gasteiger partial charge in [-0.1, -0.05) is 0 Å². The Morgan fingerprint density at radius 3 is 2.85 bits per heavy atom. The minimum atomic E-state index is -3.38. The lowest BCUT2D eigenvalue weighted by Crippen LogP contribution is -1.97. The van der Waals surface area contributed by atoms with Gasteiger partial charge in [-0.25, -0.2) is 8.42 Å². The van der Waals surface area contributed by atoms with Crippen LogP contribution in [-0.4, -0.2) is 19.7 Å². The first-order valence-corrected chi connectivity index (χ1v) is 5.15. The molecule has 68 valence electrons. The number of sulfone groups is 1. The third-order valence-corrected chi connectivity index (χ3v) is 2.41. The van der Waals surface area contributed by atoms with Crippen LogP contribution >= 0.6 is 0 Å². The summed E-state index contributed by atoms with van der Waals surface area (Å²) in [6.07, 6.45) is 2.39.